The SMILES string of the molecule is O=C(O)c1ccc2nc(NCc3ccc(F)cc3)[nH]c2c1. The summed E-state index contributed by atoms with van der Waals surface area (Å²) in [4.78, 5) is 18.2. The summed E-state index contributed by atoms with van der Waals surface area (Å²) in [5.74, 6) is -0.715. The molecule has 0 spiro atoms. The van der Waals surface area contributed by atoms with Crippen LogP contribution in [0.3, 0.4) is 0 Å². The minimum atomic E-state index is -0.979. The largest absolute Gasteiger partial charge is 0.478 e. The standard InChI is InChI=1S/C15H12FN3O2/c16-11-4-1-9(2-5-11)8-17-15-18-12-6-3-10(14(20)21)7-13(12)19-15/h1-7H,8H2,(H,20,21)(H2,17,18,19). The van der Waals surface area contributed by atoms with Crippen LogP contribution in [0, 0.1) is 5.82 Å². The van der Waals surface area contributed by atoms with E-state index in [1.54, 1.807) is 18.2 Å². The molecule has 0 bridgehead atoms. The maximum absolute atomic E-state index is 12.8. The molecule has 0 unspecified atom stereocenters. The number of carboxylic acid groups (broad SMARTS) is 1. The molecule has 21 heavy (non-hydrogen) atoms. The third-order valence-electron chi connectivity index (χ3n) is 3.10. The number of anilines is 1. The molecule has 2 aromatic carbocycles. The lowest BCUT2D eigenvalue weighted by Gasteiger charge is -2.02. The normalized spacial score (nSPS) is 10.7. The maximum atomic E-state index is 12.8. The summed E-state index contributed by atoms with van der Waals surface area (Å²) in [6, 6.07) is 10.9. The first kappa shape index (κ1) is 13.1. The summed E-state index contributed by atoms with van der Waals surface area (Å²) in [6.07, 6.45) is 0. The molecular formula is C15H12FN3O2. The number of aromatic nitrogens is 2. The van der Waals surface area contributed by atoms with E-state index in [-0.39, 0.29) is 11.4 Å². The Morgan fingerprint density at radius 2 is 2.00 bits per heavy atom. The number of hydrogen-bond donors (Lipinski definition) is 3. The molecule has 106 valence electrons. The molecule has 0 radical (unpaired) electrons. The van der Waals surface area contributed by atoms with Crippen LogP contribution in [-0.2, 0) is 6.54 Å². The maximum Gasteiger partial charge on any atom is 0.335 e. The minimum Gasteiger partial charge on any atom is -0.478 e. The van der Waals surface area contributed by atoms with E-state index in [1.807, 2.05) is 0 Å². The highest BCUT2D eigenvalue weighted by atomic mass is 19.1. The van der Waals surface area contributed by atoms with Crippen LogP contribution in [-0.4, -0.2) is 21.0 Å². The zero-order valence-corrected chi connectivity index (χ0v) is 10.9. The summed E-state index contributed by atoms with van der Waals surface area (Å²) in [7, 11) is 0. The predicted octanol–water partition coefficient (Wildman–Crippen LogP) is 3.01. The Kier molecular flexibility index (Phi) is 3.27. The van der Waals surface area contributed by atoms with Gasteiger partial charge in [-0.1, -0.05) is 12.1 Å². The Morgan fingerprint density at radius 1 is 1.24 bits per heavy atom. The lowest BCUT2D eigenvalue weighted by molar-refractivity contribution is 0.0697. The smallest absolute Gasteiger partial charge is 0.335 e. The molecule has 1 aromatic heterocycles. The van der Waals surface area contributed by atoms with Crippen molar-refractivity contribution in [2.24, 2.45) is 0 Å². The van der Waals surface area contributed by atoms with Gasteiger partial charge < -0.3 is 15.4 Å². The number of nitrogens with zero attached hydrogens (tertiary/aromatic N) is 1. The number of benzene rings is 2. The van der Waals surface area contributed by atoms with Gasteiger partial charge in [0.05, 0.1) is 16.6 Å². The van der Waals surface area contributed by atoms with Crippen molar-refractivity contribution in [1.29, 1.82) is 0 Å². The lowest BCUT2D eigenvalue weighted by Crippen LogP contribution is -2.00. The average Bonchev–Trinajstić information content (AvgIpc) is 2.88. The van der Waals surface area contributed by atoms with Crippen molar-refractivity contribution >= 4 is 23.0 Å². The molecule has 6 heteroatoms. The number of halogens is 1. The highest BCUT2D eigenvalue weighted by Crippen LogP contribution is 2.17. The molecule has 0 amide bonds. The van der Waals surface area contributed by atoms with Gasteiger partial charge in [0.2, 0.25) is 5.95 Å². The van der Waals surface area contributed by atoms with Crippen molar-refractivity contribution in [1.82, 2.24) is 9.97 Å². The number of imidazole rings is 1. The highest BCUT2D eigenvalue weighted by molar-refractivity contribution is 5.92. The summed E-state index contributed by atoms with van der Waals surface area (Å²) in [5.41, 5.74) is 2.46. The highest BCUT2D eigenvalue weighted by Gasteiger charge is 2.07. The van der Waals surface area contributed by atoms with Gasteiger partial charge in [-0.3, -0.25) is 0 Å². The van der Waals surface area contributed by atoms with Crippen molar-refractivity contribution in [3.63, 3.8) is 0 Å². The summed E-state index contributed by atoms with van der Waals surface area (Å²) < 4.78 is 12.8. The van der Waals surface area contributed by atoms with Crippen LogP contribution in [0.15, 0.2) is 42.5 Å². The van der Waals surface area contributed by atoms with Gasteiger partial charge >= 0.3 is 5.97 Å². The van der Waals surface area contributed by atoms with Gasteiger partial charge in [0.1, 0.15) is 5.82 Å². The van der Waals surface area contributed by atoms with E-state index in [0.717, 1.165) is 5.56 Å². The van der Waals surface area contributed by atoms with Gasteiger partial charge in [0.25, 0.3) is 0 Å². The van der Waals surface area contributed by atoms with Crippen LogP contribution in [0.5, 0.6) is 0 Å². The van der Waals surface area contributed by atoms with E-state index < -0.39 is 5.97 Å². The molecule has 0 atom stereocenters. The molecule has 3 aromatic rings. The number of rotatable bonds is 4. The van der Waals surface area contributed by atoms with E-state index in [9.17, 15) is 9.18 Å². The zero-order valence-electron chi connectivity index (χ0n) is 10.9. The first-order chi connectivity index (χ1) is 10.1. The monoisotopic (exact) mass is 285 g/mol. The van der Waals surface area contributed by atoms with Crippen LogP contribution in [0.1, 0.15) is 15.9 Å². The van der Waals surface area contributed by atoms with Gasteiger partial charge in [0, 0.05) is 6.54 Å². The van der Waals surface area contributed by atoms with Crippen LogP contribution in [0.25, 0.3) is 11.0 Å². The zero-order chi connectivity index (χ0) is 14.8. The molecule has 0 saturated carbocycles. The first-order valence-corrected chi connectivity index (χ1v) is 6.33. The Bertz CT molecular complexity index is 796. The third kappa shape index (κ3) is 2.84. The molecular weight excluding hydrogens is 273 g/mol. The second-order valence-electron chi connectivity index (χ2n) is 4.60. The van der Waals surface area contributed by atoms with Crippen LogP contribution >= 0.6 is 0 Å². The fourth-order valence-corrected chi connectivity index (χ4v) is 2.01. The van der Waals surface area contributed by atoms with Gasteiger partial charge in [0.15, 0.2) is 0 Å². The number of fused-ring (bicyclic) bond motifs is 1. The Balaban J connectivity index is 1.78. The first-order valence-electron chi connectivity index (χ1n) is 6.33. The number of carbonyl (C=O) groups is 1. The van der Waals surface area contributed by atoms with E-state index in [1.165, 1.54) is 24.3 Å². The van der Waals surface area contributed by atoms with Gasteiger partial charge in [-0.25, -0.2) is 14.2 Å². The van der Waals surface area contributed by atoms with Crippen LogP contribution in [0.2, 0.25) is 0 Å². The van der Waals surface area contributed by atoms with Crippen molar-refractivity contribution in [2.75, 3.05) is 5.32 Å². The third-order valence-corrected chi connectivity index (χ3v) is 3.10. The van der Waals surface area contributed by atoms with Crippen molar-refractivity contribution in [2.45, 2.75) is 6.54 Å². The topological polar surface area (TPSA) is 78.0 Å². The molecule has 3 N–H and O–H groups in total. The molecule has 3 rings (SSSR count). The van der Waals surface area contributed by atoms with E-state index in [2.05, 4.69) is 15.3 Å². The summed E-state index contributed by atoms with van der Waals surface area (Å²) in [5, 5.41) is 12.0. The van der Waals surface area contributed by atoms with Gasteiger partial charge in [-0.15, -0.1) is 0 Å². The molecule has 0 aliphatic carbocycles. The number of aromatic amines is 1. The van der Waals surface area contributed by atoms with Crippen molar-refractivity contribution in [3.8, 4) is 0 Å². The molecule has 0 saturated heterocycles. The van der Waals surface area contributed by atoms with Crippen molar-refractivity contribution < 1.29 is 14.3 Å². The number of carboxylic acids is 1. The number of H-pyrrole nitrogens is 1. The summed E-state index contributed by atoms with van der Waals surface area (Å²) in [6.45, 7) is 0.492. The fraction of sp³-hybridized carbons (Fsp3) is 0.0667. The summed E-state index contributed by atoms with van der Waals surface area (Å²) >= 11 is 0. The average molecular weight is 285 g/mol. The Morgan fingerprint density at radius 3 is 2.71 bits per heavy atom. The predicted molar refractivity (Wildman–Crippen MR) is 76.8 cm³/mol. The fourth-order valence-electron chi connectivity index (χ4n) is 2.01. The second kappa shape index (κ2) is 5.24. The van der Waals surface area contributed by atoms with Crippen molar-refractivity contribution in [3.05, 3.63) is 59.4 Å². The van der Waals surface area contributed by atoms with E-state index in [4.69, 9.17) is 5.11 Å². The van der Waals surface area contributed by atoms with E-state index >= 15 is 0 Å². The minimum absolute atomic E-state index is 0.205. The number of nitrogens with one attached hydrogen (secondary N) is 2. The second-order valence-corrected chi connectivity index (χ2v) is 4.60. The van der Waals surface area contributed by atoms with Gasteiger partial charge in [-0.05, 0) is 35.9 Å². The van der Waals surface area contributed by atoms with Gasteiger partial charge in [-0.2, -0.15) is 0 Å². The Hall–Kier alpha value is -2.89. The number of hydrogen-bond acceptors (Lipinski definition) is 3. The Labute approximate surface area is 119 Å². The molecule has 1 heterocycles. The lowest BCUT2D eigenvalue weighted by atomic mass is 10.2. The van der Waals surface area contributed by atoms with Crippen LogP contribution < -0.4 is 5.32 Å². The molecule has 5 nitrogen and oxygen atoms in total. The molecule has 0 aliphatic rings. The molecule has 0 fully saturated rings. The van der Waals surface area contributed by atoms with Crippen LogP contribution in [0.4, 0.5) is 10.3 Å². The van der Waals surface area contributed by atoms with E-state index in [0.29, 0.717) is 23.5 Å². The number of aromatic carboxylic acids is 1. The molecule has 0 aliphatic heterocycles. The quantitative estimate of drug-likeness (QED) is 0.688.